The smallest absolute Gasteiger partial charge is 0.161 e. The van der Waals surface area contributed by atoms with Crippen molar-refractivity contribution in [2.75, 3.05) is 0 Å². The van der Waals surface area contributed by atoms with E-state index >= 15 is 0 Å². The molecule has 0 atom stereocenters. The normalized spacial score (nSPS) is 17.0. The van der Waals surface area contributed by atoms with Crippen LogP contribution >= 0.6 is 0 Å². The minimum absolute atomic E-state index is 0.595. The first-order valence-corrected chi connectivity index (χ1v) is 4.08. The first kappa shape index (κ1) is 6.11. The maximum Gasteiger partial charge on any atom is 0.161 e. The average molecular weight is 160 g/mol. The largest absolute Gasteiger partial charge is 0.244 e. The molecule has 2 aromatic heterocycles. The fraction of sp³-hybridized carbons (Fsp3) is 0.375. The quantitative estimate of drug-likeness (QED) is 0.628. The van der Waals surface area contributed by atoms with E-state index < -0.39 is 0 Å². The van der Waals surface area contributed by atoms with Crippen molar-refractivity contribution >= 4 is 11.0 Å². The first-order chi connectivity index (χ1) is 5.95. The molecule has 0 bridgehead atoms. The lowest BCUT2D eigenvalue weighted by molar-refractivity contribution is 0.658. The number of aromatic nitrogens is 4. The summed E-state index contributed by atoms with van der Waals surface area (Å²) in [7, 11) is 0. The molecule has 12 heavy (non-hydrogen) atoms. The van der Waals surface area contributed by atoms with Gasteiger partial charge >= 0.3 is 0 Å². The van der Waals surface area contributed by atoms with E-state index in [0.29, 0.717) is 6.04 Å². The van der Waals surface area contributed by atoms with Crippen LogP contribution in [-0.2, 0) is 0 Å². The Morgan fingerprint density at radius 3 is 3.08 bits per heavy atom. The molecule has 4 nitrogen and oxygen atoms in total. The zero-order chi connectivity index (χ0) is 7.97. The van der Waals surface area contributed by atoms with Gasteiger partial charge in [-0.15, -0.1) is 0 Å². The third-order valence-electron chi connectivity index (χ3n) is 2.15. The van der Waals surface area contributed by atoms with Crippen molar-refractivity contribution in [1.29, 1.82) is 0 Å². The Morgan fingerprint density at radius 1 is 1.33 bits per heavy atom. The zero-order valence-electron chi connectivity index (χ0n) is 6.51. The summed E-state index contributed by atoms with van der Waals surface area (Å²) in [5.74, 6) is 0. The van der Waals surface area contributed by atoms with Gasteiger partial charge in [-0.25, -0.2) is 14.6 Å². The molecular weight excluding hydrogens is 152 g/mol. The van der Waals surface area contributed by atoms with Crippen molar-refractivity contribution in [2.24, 2.45) is 0 Å². The van der Waals surface area contributed by atoms with Gasteiger partial charge in [-0.1, -0.05) is 0 Å². The maximum atomic E-state index is 4.27. The van der Waals surface area contributed by atoms with Crippen LogP contribution in [0.15, 0.2) is 18.7 Å². The molecule has 60 valence electrons. The predicted molar refractivity (Wildman–Crippen MR) is 43.6 cm³/mol. The first-order valence-electron chi connectivity index (χ1n) is 4.08. The molecule has 0 spiro atoms. The van der Waals surface area contributed by atoms with Gasteiger partial charge in [0.1, 0.15) is 6.33 Å². The SMILES string of the molecule is c1ncc2cnn(C3CC3)c2n1. The second-order valence-electron chi connectivity index (χ2n) is 3.12. The molecule has 0 aromatic carbocycles. The number of rotatable bonds is 1. The molecule has 4 heteroatoms. The van der Waals surface area contributed by atoms with Gasteiger partial charge in [0.25, 0.3) is 0 Å². The summed E-state index contributed by atoms with van der Waals surface area (Å²) in [6, 6.07) is 0.595. The summed E-state index contributed by atoms with van der Waals surface area (Å²) in [6.45, 7) is 0. The van der Waals surface area contributed by atoms with Crippen molar-refractivity contribution in [1.82, 2.24) is 19.7 Å². The summed E-state index contributed by atoms with van der Waals surface area (Å²) in [4.78, 5) is 8.13. The van der Waals surface area contributed by atoms with Crippen LogP contribution in [0.25, 0.3) is 11.0 Å². The molecule has 1 saturated carbocycles. The van der Waals surface area contributed by atoms with Crippen molar-refractivity contribution in [3.63, 3.8) is 0 Å². The number of fused-ring (bicyclic) bond motifs is 1. The van der Waals surface area contributed by atoms with Gasteiger partial charge in [0.2, 0.25) is 0 Å². The Kier molecular flexibility index (Phi) is 1.03. The van der Waals surface area contributed by atoms with Gasteiger partial charge in [-0.05, 0) is 12.8 Å². The van der Waals surface area contributed by atoms with Crippen LogP contribution in [0.3, 0.4) is 0 Å². The third kappa shape index (κ3) is 0.747. The molecule has 0 amide bonds. The summed E-state index contributed by atoms with van der Waals surface area (Å²) < 4.78 is 2.00. The minimum atomic E-state index is 0.595. The molecule has 1 aliphatic carbocycles. The molecule has 1 fully saturated rings. The van der Waals surface area contributed by atoms with Gasteiger partial charge in [-0.2, -0.15) is 5.10 Å². The van der Waals surface area contributed by atoms with Gasteiger partial charge in [0.05, 0.1) is 17.6 Å². The lowest BCUT2D eigenvalue weighted by Gasteiger charge is -1.96. The standard InChI is InChI=1S/C8H8N4/c1-2-7(1)12-8-6(4-11-12)3-9-5-10-8/h3-5,7H,1-2H2. The highest BCUT2D eigenvalue weighted by Gasteiger charge is 2.26. The molecule has 0 N–H and O–H groups in total. The fourth-order valence-corrected chi connectivity index (χ4v) is 1.38. The summed E-state index contributed by atoms with van der Waals surface area (Å²) in [5, 5.41) is 5.30. The summed E-state index contributed by atoms with van der Waals surface area (Å²) >= 11 is 0. The van der Waals surface area contributed by atoms with Crippen LogP contribution < -0.4 is 0 Å². The van der Waals surface area contributed by atoms with Crippen LogP contribution in [-0.4, -0.2) is 19.7 Å². The fourth-order valence-electron chi connectivity index (χ4n) is 1.38. The van der Waals surface area contributed by atoms with Gasteiger partial charge in [-0.3, -0.25) is 0 Å². The molecule has 0 saturated heterocycles. The number of hydrogen-bond acceptors (Lipinski definition) is 3. The minimum Gasteiger partial charge on any atom is -0.244 e. The van der Waals surface area contributed by atoms with Crippen LogP contribution in [0.4, 0.5) is 0 Å². The maximum absolute atomic E-state index is 4.27. The van der Waals surface area contributed by atoms with Gasteiger partial charge in [0.15, 0.2) is 5.65 Å². The zero-order valence-corrected chi connectivity index (χ0v) is 6.51. The van der Waals surface area contributed by atoms with Crippen molar-refractivity contribution in [3.05, 3.63) is 18.7 Å². The Labute approximate surface area is 69.2 Å². The van der Waals surface area contributed by atoms with Crippen LogP contribution in [0, 0.1) is 0 Å². The van der Waals surface area contributed by atoms with E-state index in [1.165, 1.54) is 12.8 Å². The Hall–Kier alpha value is -1.45. The Balaban J connectivity index is 2.30. The van der Waals surface area contributed by atoms with Crippen molar-refractivity contribution < 1.29 is 0 Å². The van der Waals surface area contributed by atoms with Crippen LogP contribution in [0.1, 0.15) is 18.9 Å². The lowest BCUT2D eigenvalue weighted by Crippen LogP contribution is -1.96. The van der Waals surface area contributed by atoms with E-state index in [0.717, 1.165) is 11.0 Å². The van der Waals surface area contributed by atoms with Crippen molar-refractivity contribution in [2.45, 2.75) is 18.9 Å². The monoisotopic (exact) mass is 160 g/mol. The highest BCUT2D eigenvalue weighted by molar-refractivity contribution is 5.72. The van der Waals surface area contributed by atoms with Crippen LogP contribution in [0.5, 0.6) is 0 Å². The molecule has 1 aliphatic rings. The molecule has 0 radical (unpaired) electrons. The summed E-state index contributed by atoms with van der Waals surface area (Å²) in [5.41, 5.74) is 0.965. The van der Waals surface area contributed by atoms with E-state index in [9.17, 15) is 0 Å². The molecule has 0 aliphatic heterocycles. The summed E-state index contributed by atoms with van der Waals surface area (Å²) in [6.07, 6.45) is 7.67. The topological polar surface area (TPSA) is 43.6 Å². The van der Waals surface area contributed by atoms with Crippen LogP contribution in [0.2, 0.25) is 0 Å². The highest BCUT2D eigenvalue weighted by Crippen LogP contribution is 2.35. The third-order valence-corrected chi connectivity index (χ3v) is 2.15. The van der Waals surface area contributed by atoms with E-state index in [4.69, 9.17) is 0 Å². The molecular formula is C8H8N4. The van der Waals surface area contributed by atoms with E-state index in [1.54, 1.807) is 12.5 Å². The lowest BCUT2D eigenvalue weighted by atomic mass is 10.4. The predicted octanol–water partition coefficient (Wildman–Crippen LogP) is 1.16. The second kappa shape index (κ2) is 2.03. The molecule has 2 aromatic rings. The molecule has 0 unspecified atom stereocenters. The highest BCUT2D eigenvalue weighted by atomic mass is 15.3. The molecule has 2 heterocycles. The van der Waals surface area contributed by atoms with Crippen molar-refractivity contribution in [3.8, 4) is 0 Å². The van der Waals surface area contributed by atoms with E-state index in [-0.39, 0.29) is 0 Å². The average Bonchev–Trinajstić information content (AvgIpc) is 2.86. The molecule has 3 rings (SSSR count). The van der Waals surface area contributed by atoms with E-state index in [2.05, 4.69) is 15.1 Å². The second-order valence-corrected chi connectivity index (χ2v) is 3.12. The van der Waals surface area contributed by atoms with Gasteiger partial charge < -0.3 is 0 Å². The van der Waals surface area contributed by atoms with E-state index in [1.807, 2.05) is 10.9 Å². The van der Waals surface area contributed by atoms with Gasteiger partial charge in [0, 0.05) is 6.20 Å². The number of nitrogens with zero attached hydrogens (tertiary/aromatic N) is 4. The Bertz CT molecular complexity index is 416. The Morgan fingerprint density at radius 2 is 2.25 bits per heavy atom. The number of hydrogen-bond donors (Lipinski definition) is 0.